The fourth-order valence-electron chi connectivity index (χ4n) is 4.15. The number of hydrogen-bond donors (Lipinski definition) is 1. The molecule has 0 saturated carbocycles. The first-order valence-corrected chi connectivity index (χ1v) is 10.2. The van der Waals surface area contributed by atoms with Crippen LogP contribution < -0.4 is 5.32 Å². The van der Waals surface area contributed by atoms with Crippen LogP contribution in [0.4, 0.5) is 0 Å². The van der Waals surface area contributed by atoms with E-state index in [1.165, 1.54) is 11.3 Å². The number of rotatable bonds is 5. The molecule has 0 saturated heterocycles. The molecule has 0 spiro atoms. The van der Waals surface area contributed by atoms with Crippen LogP contribution in [0, 0.1) is 12.3 Å². The van der Waals surface area contributed by atoms with Crippen LogP contribution in [0.5, 0.6) is 0 Å². The van der Waals surface area contributed by atoms with Gasteiger partial charge in [-0.2, -0.15) is 5.10 Å². The molecule has 4 rings (SSSR count). The molecular formula is C24H28N4O. The maximum absolute atomic E-state index is 12.7. The highest BCUT2D eigenvalue weighted by molar-refractivity contribution is 5.76. The van der Waals surface area contributed by atoms with Crippen LogP contribution in [-0.2, 0) is 17.6 Å². The molecule has 5 nitrogen and oxygen atoms in total. The van der Waals surface area contributed by atoms with Crippen LogP contribution in [0.1, 0.15) is 55.1 Å². The van der Waals surface area contributed by atoms with Gasteiger partial charge < -0.3 is 5.32 Å². The fourth-order valence-corrected chi connectivity index (χ4v) is 4.15. The Labute approximate surface area is 172 Å². The van der Waals surface area contributed by atoms with Crippen LogP contribution in [0.2, 0.25) is 0 Å². The van der Waals surface area contributed by atoms with Crippen molar-refractivity contribution >= 4 is 5.91 Å². The van der Waals surface area contributed by atoms with Gasteiger partial charge in [0.2, 0.25) is 5.91 Å². The molecule has 1 atom stereocenters. The van der Waals surface area contributed by atoms with Crippen LogP contribution in [0.25, 0.3) is 5.69 Å². The van der Waals surface area contributed by atoms with E-state index in [0.29, 0.717) is 6.42 Å². The van der Waals surface area contributed by atoms with E-state index in [2.05, 4.69) is 60.4 Å². The normalized spacial score (nSPS) is 17.6. The first kappa shape index (κ1) is 19.4. The van der Waals surface area contributed by atoms with Gasteiger partial charge >= 0.3 is 0 Å². The number of carbonyl (C=O) groups excluding carboxylic acids is 1. The minimum atomic E-state index is -0.00196. The van der Waals surface area contributed by atoms with Gasteiger partial charge in [0.15, 0.2) is 0 Å². The van der Waals surface area contributed by atoms with Gasteiger partial charge in [-0.3, -0.25) is 9.78 Å². The lowest BCUT2D eigenvalue weighted by molar-refractivity contribution is -0.122. The van der Waals surface area contributed by atoms with Gasteiger partial charge in [-0.1, -0.05) is 31.5 Å². The largest absolute Gasteiger partial charge is 0.349 e. The summed E-state index contributed by atoms with van der Waals surface area (Å²) in [5.74, 6) is 0.0820. The van der Waals surface area contributed by atoms with E-state index in [0.717, 1.165) is 36.1 Å². The summed E-state index contributed by atoms with van der Waals surface area (Å²) in [6.45, 7) is 6.61. The SMILES string of the molecule is Cc1ccc(-n2ncc3c2CC(C)(C)CC3NC(=O)CCc2ccncc2)cc1. The van der Waals surface area contributed by atoms with Crippen molar-refractivity contribution in [3.05, 3.63) is 77.4 Å². The van der Waals surface area contributed by atoms with Crippen molar-refractivity contribution in [2.24, 2.45) is 5.41 Å². The van der Waals surface area contributed by atoms with Crippen LogP contribution in [0.3, 0.4) is 0 Å². The molecule has 2 aromatic heterocycles. The Morgan fingerprint density at radius 1 is 1.17 bits per heavy atom. The van der Waals surface area contributed by atoms with Gasteiger partial charge in [0.05, 0.1) is 23.6 Å². The third-order valence-corrected chi connectivity index (χ3v) is 5.68. The van der Waals surface area contributed by atoms with E-state index < -0.39 is 0 Å². The summed E-state index contributed by atoms with van der Waals surface area (Å²) in [4.78, 5) is 16.7. The standard InChI is InChI=1S/C24H28N4O/c1-17-4-7-19(8-5-17)28-22-15-24(2,3)14-21(20(22)16-26-28)27-23(29)9-6-18-10-12-25-13-11-18/h4-5,7-8,10-13,16,21H,6,9,14-15H2,1-3H3,(H,27,29). The van der Waals surface area contributed by atoms with Crippen LogP contribution in [-0.4, -0.2) is 20.7 Å². The highest BCUT2D eigenvalue weighted by Crippen LogP contribution is 2.41. The zero-order chi connectivity index (χ0) is 20.4. The predicted molar refractivity (Wildman–Crippen MR) is 114 cm³/mol. The first-order valence-electron chi connectivity index (χ1n) is 10.2. The molecular weight excluding hydrogens is 360 g/mol. The molecule has 1 aliphatic rings. The molecule has 0 bridgehead atoms. The molecule has 3 aromatic rings. The van der Waals surface area contributed by atoms with Crippen molar-refractivity contribution < 1.29 is 4.79 Å². The summed E-state index contributed by atoms with van der Waals surface area (Å²) in [5, 5.41) is 7.94. The van der Waals surface area contributed by atoms with Gasteiger partial charge in [0, 0.05) is 24.4 Å². The number of nitrogens with one attached hydrogen (secondary N) is 1. The Morgan fingerprint density at radius 3 is 2.62 bits per heavy atom. The monoisotopic (exact) mass is 388 g/mol. The number of aryl methyl sites for hydroxylation is 2. The Kier molecular flexibility index (Phi) is 5.22. The number of amides is 1. The molecule has 1 N–H and O–H groups in total. The lowest BCUT2D eigenvalue weighted by Crippen LogP contribution is -2.36. The first-order chi connectivity index (χ1) is 13.9. The second kappa shape index (κ2) is 7.82. The maximum atomic E-state index is 12.7. The van der Waals surface area contributed by atoms with Crippen LogP contribution >= 0.6 is 0 Å². The lowest BCUT2D eigenvalue weighted by atomic mass is 9.74. The van der Waals surface area contributed by atoms with Crippen molar-refractivity contribution in [2.45, 2.75) is 52.5 Å². The van der Waals surface area contributed by atoms with Crippen molar-refractivity contribution in [2.75, 3.05) is 0 Å². The second-order valence-corrected chi connectivity index (χ2v) is 8.81. The van der Waals surface area contributed by atoms with E-state index in [1.807, 2.05) is 23.0 Å². The Balaban J connectivity index is 1.53. The average molecular weight is 389 g/mol. The second-order valence-electron chi connectivity index (χ2n) is 8.81. The average Bonchev–Trinajstić information content (AvgIpc) is 3.10. The summed E-state index contributed by atoms with van der Waals surface area (Å²) in [6.07, 6.45) is 8.52. The van der Waals surface area contributed by atoms with Gasteiger partial charge in [0.25, 0.3) is 0 Å². The topological polar surface area (TPSA) is 59.8 Å². The summed E-state index contributed by atoms with van der Waals surface area (Å²) in [5.41, 5.74) is 5.86. The van der Waals surface area contributed by atoms with Gasteiger partial charge in [-0.15, -0.1) is 0 Å². The smallest absolute Gasteiger partial charge is 0.220 e. The summed E-state index contributed by atoms with van der Waals surface area (Å²) >= 11 is 0. The highest BCUT2D eigenvalue weighted by Gasteiger charge is 2.35. The van der Waals surface area contributed by atoms with Crippen molar-refractivity contribution in [1.82, 2.24) is 20.1 Å². The highest BCUT2D eigenvalue weighted by atomic mass is 16.1. The molecule has 0 fully saturated rings. The summed E-state index contributed by atoms with van der Waals surface area (Å²) in [7, 11) is 0. The quantitative estimate of drug-likeness (QED) is 0.707. The lowest BCUT2D eigenvalue weighted by Gasteiger charge is -2.36. The molecule has 2 heterocycles. The van der Waals surface area contributed by atoms with Crippen molar-refractivity contribution in [1.29, 1.82) is 0 Å². The number of aromatic nitrogens is 3. The van der Waals surface area contributed by atoms with E-state index in [4.69, 9.17) is 0 Å². The number of pyridine rings is 1. The van der Waals surface area contributed by atoms with Gasteiger partial charge in [-0.25, -0.2) is 4.68 Å². The van der Waals surface area contributed by atoms with E-state index >= 15 is 0 Å². The maximum Gasteiger partial charge on any atom is 0.220 e. The number of fused-ring (bicyclic) bond motifs is 1. The Hall–Kier alpha value is -2.95. The van der Waals surface area contributed by atoms with E-state index in [-0.39, 0.29) is 17.4 Å². The van der Waals surface area contributed by atoms with E-state index in [9.17, 15) is 4.79 Å². The molecule has 1 unspecified atom stereocenters. The van der Waals surface area contributed by atoms with E-state index in [1.54, 1.807) is 12.4 Å². The molecule has 1 amide bonds. The third-order valence-electron chi connectivity index (χ3n) is 5.68. The van der Waals surface area contributed by atoms with Gasteiger partial charge in [0.1, 0.15) is 0 Å². The molecule has 0 aliphatic heterocycles. The van der Waals surface area contributed by atoms with Crippen LogP contribution in [0.15, 0.2) is 55.0 Å². The molecule has 1 aliphatic carbocycles. The minimum absolute atomic E-state index is 0.00196. The van der Waals surface area contributed by atoms with Crippen molar-refractivity contribution in [3.63, 3.8) is 0 Å². The number of benzene rings is 1. The summed E-state index contributed by atoms with van der Waals surface area (Å²) in [6, 6.07) is 12.3. The number of nitrogens with zero attached hydrogens (tertiary/aromatic N) is 3. The zero-order valence-corrected chi connectivity index (χ0v) is 17.4. The Bertz CT molecular complexity index is 989. The fraction of sp³-hybridized carbons (Fsp3) is 0.375. The number of carbonyl (C=O) groups is 1. The molecule has 5 heteroatoms. The number of hydrogen-bond acceptors (Lipinski definition) is 3. The molecule has 150 valence electrons. The Morgan fingerprint density at radius 2 is 1.90 bits per heavy atom. The molecule has 1 aromatic carbocycles. The van der Waals surface area contributed by atoms with Gasteiger partial charge in [-0.05, 0) is 61.4 Å². The minimum Gasteiger partial charge on any atom is -0.349 e. The summed E-state index contributed by atoms with van der Waals surface area (Å²) < 4.78 is 2.03. The zero-order valence-electron chi connectivity index (χ0n) is 17.4. The third kappa shape index (κ3) is 4.39. The molecule has 0 radical (unpaired) electrons. The molecule has 29 heavy (non-hydrogen) atoms. The van der Waals surface area contributed by atoms with Crippen molar-refractivity contribution in [3.8, 4) is 5.69 Å². The predicted octanol–water partition coefficient (Wildman–Crippen LogP) is 4.34.